The first-order chi connectivity index (χ1) is 11.3. The second kappa shape index (κ2) is 5.70. The lowest BCUT2D eigenvalue weighted by atomic mass is 9.75. The lowest BCUT2D eigenvalue weighted by Crippen LogP contribution is -2.56. The predicted octanol–water partition coefficient (Wildman–Crippen LogP) is 1.40. The molecular formula is C18H22N2O4. The number of carboxylic acids is 1. The Kier molecular flexibility index (Phi) is 3.95. The summed E-state index contributed by atoms with van der Waals surface area (Å²) in [6.07, 6.45) is 0.284. The van der Waals surface area contributed by atoms with Gasteiger partial charge in [0.25, 0.3) is 0 Å². The number of aryl methyl sites for hydroxylation is 1. The monoisotopic (exact) mass is 330 g/mol. The number of carboxylic acid groups (broad SMARTS) is 1. The Balaban J connectivity index is 2.14. The van der Waals surface area contributed by atoms with Crippen molar-refractivity contribution in [3.63, 3.8) is 0 Å². The Morgan fingerprint density at radius 2 is 1.92 bits per heavy atom. The quantitative estimate of drug-likeness (QED) is 0.725. The van der Waals surface area contributed by atoms with Crippen molar-refractivity contribution in [2.24, 2.45) is 17.8 Å². The highest BCUT2D eigenvalue weighted by Gasteiger charge is 2.66. The maximum atomic E-state index is 12.4. The van der Waals surface area contributed by atoms with E-state index in [1.165, 1.54) is 0 Å². The smallest absolute Gasteiger partial charge is 0.324 e. The zero-order valence-corrected chi connectivity index (χ0v) is 14.0. The van der Waals surface area contributed by atoms with E-state index in [0.29, 0.717) is 0 Å². The molecule has 6 heteroatoms. The van der Waals surface area contributed by atoms with Crippen LogP contribution in [0.1, 0.15) is 37.4 Å². The van der Waals surface area contributed by atoms with Gasteiger partial charge < -0.3 is 5.11 Å². The van der Waals surface area contributed by atoms with Crippen molar-refractivity contribution in [3.05, 3.63) is 35.4 Å². The molecule has 0 spiro atoms. The minimum Gasteiger partial charge on any atom is -0.480 e. The minimum absolute atomic E-state index is 0.0633. The highest BCUT2D eigenvalue weighted by atomic mass is 16.4. The largest absolute Gasteiger partial charge is 0.480 e. The number of hydrogen-bond acceptors (Lipinski definition) is 4. The average Bonchev–Trinajstić information content (AvgIpc) is 2.97. The van der Waals surface area contributed by atoms with E-state index >= 15 is 0 Å². The van der Waals surface area contributed by atoms with Crippen molar-refractivity contribution < 1.29 is 19.5 Å². The Morgan fingerprint density at radius 1 is 1.25 bits per heavy atom. The van der Waals surface area contributed by atoms with Gasteiger partial charge in [0.05, 0.1) is 11.8 Å². The Bertz CT molecular complexity index is 715. The summed E-state index contributed by atoms with van der Waals surface area (Å²) in [6, 6.07) is 7.07. The molecule has 2 heterocycles. The molecule has 0 bridgehead atoms. The fraction of sp³-hybridized carbons (Fsp3) is 0.500. The molecule has 2 saturated heterocycles. The first kappa shape index (κ1) is 16.6. The number of fused-ring (bicyclic) bond motifs is 1. The third kappa shape index (κ3) is 2.33. The Labute approximate surface area is 140 Å². The van der Waals surface area contributed by atoms with E-state index in [2.05, 4.69) is 10.6 Å². The summed E-state index contributed by atoms with van der Waals surface area (Å²) in [7, 11) is 0. The topological polar surface area (TPSA) is 95.5 Å². The normalized spacial score (nSPS) is 32.1. The van der Waals surface area contributed by atoms with Gasteiger partial charge in [-0.3, -0.25) is 25.0 Å². The second-order valence-electron chi connectivity index (χ2n) is 7.21. The number of amides is 2. The summed E-state index contributed by atoms with van der Waals surface area (Å²) in [4.78, 5) is 36.9. The fourth-order valence-electron chi connectivity index (χ4n) is 4.25. The van der Waals surface area contributed by atoms with Crippen LogP contribution in [-0.2, 0) is 14.4 Å². The van der Waals surface area contributed by atoms with Crippen molar-refractivity contribution in [1.29, 1.82) is 0 Å². The molecule has 4 unspecified atom stereocenters. The number of carbonyl (C=O) groups excluding carboxylic acids is 2. The number of benzene rings is 1. The molecule has 2 aliphatic rings. The lowest BCUT2D eigenvalue weighted by Gasteiger charge is -2.31. The van der Waals surface area contributed by atoms with Crippen LogP contribution in [0, 0.1) is 24.7 Å². The molecule has 24 heavy (non-hydrogen) atoms. The molecule has 0 radical (unpaired) electrons. The molecule has 3 rings (SSSR count). The van der Waals surface area contributed by atoms with E-state index in [-0.39, 0.29) is 12.3 Å². The summed E-state index contributed by atoms with van der Waals surface area (Å²) in [5.74, 6) is -3.49. The van der Waals surface area contributed by atoms with Crippen LogP contribution in [0.25, 0.3) is 0 Å². The maximum Gasteiger partial charge on any atom is 0.324 e. The number of nitrogens with one attached hydrogen (secondary N) is 2. The summed E-state index contributed by atoms with van der Waals surface area (Å²) in [5, 5.41) is 15.5. The molecule has 4 atom stereocenters. The second-order valence-corrected chi connectivity index (χ2v) is 7.21. The average molecular weight is 330 g/mol. The Hall–Kier alpha value is -2.21. The van der Waals surface area contributed by atoms with Crippen LogP contribution >= 0.6 is 0 Å². The number of aliphatic carboxylic acids is 1. The highest BCUT2D eigenvalue weighted by Crippen LogP contribution is 2.49. The molecule has 6 nitrogen and oxygen atoms in total. The molecule has 3 N–H and O–H groups in total. The molecule has 0 aromatic heterocycles. The van der Waals surface area contributed by atoms with Gasteiger partial charge >= 0.3 is 5.97 Å². The highest BCUT2D eigenvalue weighted by molar-refractivity contribution is 6.09. The van der Waals surface area contributed by atoms with Crippen LogP contribution in [0.15, 0.2) is 24.3 Å². The standard InChI is InChI=1S/C18H22N2O4/c1-9(2)8-18(17(23)24)13-12(15(21)19-16(13)22)14(20-18)11-7-5-4-6-10(11)3/h4-7,9,12-14,20H,8H2,1-3H3,(H,23,24)(H,19,21,22). The zero-order valence-electron chi connectivity index (χ0n) is 14.0. The van der Waals surface area contributed by atoms with Crippen LogP contribution < -0.4 is 10.6 Å². The minimum atomic E-state index is -1.43. The summed E-state index contributed by atoms with van der Waals surface area (Å²) < 4.78 is 0. The van der Waals surface area contributed by atoms with Gasteiger partial charge in [0, 0.05) is 6.04 Å². The summed E-state index contributed by atoms with van der Waals surface area (Å²) in [6.45, 7) is 5.75. The number of carbonyl (C=O) groups is 3. The van der Waals surface area contributed by atoms with E-state index in [9.17, 15) is 19.5 Å². The van der Waals surface area contributed by atoms with Gasteiger partial charge in [0.1, 0.15) is 5.54 Å². The fourth-order valence-corrected chi connectivity index (χ4v) is 4.25. The van der Waals surface area contributed by atoms with Gasteiger partial charge in [-0.1, -0.05) is 38.1 Å². The van der Waals surface area contributed by atoms with E-state index in [0.717, 1.165) is 11.1 Å². The third-order valence-electron chi connectivity index (χ3n) is 5.13. The van der Waals surface area contributed by atoms with Crippen LogP contribution in [0.2, 0.25) is 0 Å². The van der Waals surface area contributed by atoms with Crippen LogP contribution in [-0.4, -0.2) is 28.4 Å². The van der Waals surface area contributed by atoms with E-state index in [4.69, 9.17) is 0 Å². The first-order valence-corrected chi connectivity index (χ1v) is 8.19. The third-order valence-corrected chi connectivity index (χ3v) is 5.13. The molecule has 1 aromatic carbocycles. The number of imide groups is 1. The molecule has 2 fully saturated rings. The number of rotatable bonds is 4. The van der Waals surface area contributed by atoms with Gasteiger partial charge in [-0.05, 0) is 30.4 Å². The first-order valence-electron chi connectivity index (χ1n) is 8.19. The maximum absolute atomic E-state index is 12.4. The SMILES string of the molecule is Cc1ccccc1C1NC(CC(C)C)(C(=O)O)C2C(=O)NC(=O)C12. The van der Waals surface area contributed by atoms with Gasteiger partial charge in [-0.25, -0.2) is 0 Å². The number of hydrogen-bond donors (Lipinski definition) is 3. The van der Waals surface area contributed by atoms with Crippen molar-refractivity contribution in [1.82, 2.24) is 10.6 Å². The molecular weight excluding hydrogens is 308 g/mol. The van der Waals surface area contributed by atoms with Crippen molar-refractivity contribution >= 4 is 17.8 Å². The van der Waals surface area contributed by atoms with Gasteiger partial charge in [0.15, 0.2) is 0 Å². The summed E-state index contributed by atoms with van der Waals surface area (Å²) >= 11 is 0. The Morgan fingerprint density at radius 3 is 2.50 bits per heavy atom. The van der Waals surface area contributed by atoms with Gasteiger partial charge in [-0.2, -0.15) is 0 Å². The van der Waals surface area contributed by atoms with Crippen LogP contribution in [0.5, 0.6) is 0 Å². The molecule has 1 aromatic rings. The van der Waals surface area contributed by atoms with E-state index < -0.39 is 41.2 Å². The molecule has 0 saturated carbocycles. The molecule has 2 aliphatic heterocycles. The predicted molar refractivity (Wildman–Crippen MR) is 87.0 cm³/mol. The van der Waals surface area contributed by atoms with Crippen LogP contribution in [0.4, 0.5) is 0 Å². The zero-order chi connectivity index (χ0) is 17.6. The van der Waals surface area contributed by atoms with Gasteiger partial charge in [-0.15, -0.1) is 0 Å². The van der Waals surface area contributed by atoms with Crippen molar-refractivity contribution in [3.8, 4) is 0 Å². The van der Waals surface area contributed by atoms with E-state index in [1.54, 1.807) is 0 Å². The van der Waals surface area contributed by atoms with Crippen molar-refractivity contribution in [2.45, 2.75) is 38.8 Å². The molecule has 128 valence electrons. The summed E-state index contributed by atoms with van der Waals surface area (Å²) in [5.41, 5.74) is 0.401. The van der Waals surface area contributed by atoms with Crippen molar-refractivity contribution in [2.75, 3.05) is 0 Å². The molecule has 2 amide bonds. The van der Waals surface area contributed by atoms with Gasteiger partial charge in [0.2, 0.25) is 11.8 Å². The lowest BCUT2D eigenvalue weighted by molar-refractivity contribution is -0.150. The van der Waals surface area contributed by atoms with E-state index in [1.807, 2.05) is 45.0 Å². The van der Waals surface area contributed by atoms with Crippen LogP contribution in [0.3, 0.4) is 0 Å². The molecule has 0 aliphatic carbocycles.